The number of rotatable bonds is 3. The van der Waals surface area contributed by atoms with Gasteiger partial charge in [-0.15, -0.1) is 0 Å². The summed E-state index contributed by atoms with van der Waals surface area (Å²) in [6.07, 6.45) is 3.98. The molecule has 0 unspecified atom stereocenters. The van der Waals surface area contributed by atoms with Gasteiger partial charge in [0.25, 0.3) is 0 Å². The van der Waals surface area contributed by atoms with E-state index in [1.807, 2.05) is 16.9 Å². The van der Waals surface area contributed by atoms with Gasteiger partial charge in [-0.05, 0) is 18.9 Å². The minimum Gasteiger partial charge on any atom is -0.382 e. The molecule has 2 heterocycles. The third kappa shape index (κ3) is 2.47. The van der Waals surface area contributed by atoms with Gasteiger partial charge in [-0.3, -0.25) is 4.68 Å². The molecule has 1 saturated heterocycles. The zero-order chi connectivity index (χ0) is 10.7. The van der Waals surface area contributed by atoms with Crippen LogP contribution in [0.25, 0.3) is 0 Å². The van der Waals surface area contributed by atoms with E-state index in [-0.39, 0.29) is 6.67 Å². The van der Waals surface area contributed by atoms with Crippen LogP contribution in [0, 0.1) is 0 Å². The van der Waals surface area contributed by atoms with Crippen molar-refractivity contribution in [3.8, 4) is 0 Å². The van der Waals surface area contributed by atoms with Gasteiger partial charge in [-0.2, -0.15) is 5.10 Å². The Bertz CT molecular complexity index is 304. The van der Waals surface area contributed by atoms with Crippen LogP contribution in [0.1, 0.15) is 18.9 Å². The highest BCUT2D eigenvalue weighted by atomic mass is 19.1. The Balaban J connectivity index is 1.88. The predicted molar refractivity (Wildman–Crippen MR) is 57.3 cm³/mol. The zero-order valence-electron chi connectivity index (χ0n) is 8.77. The van der Waals surface area contributed by atoms with Crippen LogP contribution in [0.3, 0.4) is 0 Å². The van der Waals surface area contributed by atoms with E-state index in [0.717, 1.165) is 25.9 Å². The van der Waals surface area contributed by atoms with Crippen LogP contribution < -0.4 is 5.73 Å². The molecule has 1 aromatic heterocycles. The molecule has 0 atom stereocenters. The van der Waals surface area contributed by atoms with Gasteiger partial charge in [0.1, 0.15) is 12.5 Å². The molecule has 1 aliphatic rings. The first-order chi connectivity index (χ1) is 7.29. The highest BCUT2D eigenvalue weighted by molar-refractivity contribution is 5.24. The molecule has 0 aliphatic carbocycles. The van der Waals surface area contributed by atoms with Crippen LogP contribution >= 0.6 is 0 Å². The summed E-state index contributed by atoms with van der Waals surface area (Å²) in [5.41, 5.74) is 5.57. The Morgan fingerprint density at radius 2 is 2.20 bits per heavy atom. The lowest BCUT2D eigenvalue weighted by molar-refractivity contribution is 0.169. The number of likely N-dealkylation sites (tertiary alicyclic amines) is 1. The van der Waals surface area contributed by atoms with E-state index in [4.69, 9.17) is 5.73 Å². The maximum absolute atomic E-state index is 12.1. The summed E-state index contributed by atoms with van der Waals surface area (Å²) in [7, 11) is 0. The number of aromatic nitrogens is 2. The number of halogens is 1. The summed E-state index contributed by atoms with van der Waals surface area (Å²) in [5, 5.41) is 4.21. The van der Waals surface area contributed by atoms with Gasteiger partial charge in [0, 0.05) is 25.8 Å². The van der Waals surface area contributed by atoms with Gasteiger partial charge in [0.15, 0.2) is 0 Å². The van der Waals surface area contributed by atoms with Crippen molar-refractivity contribution in [1.82, 2.24) is 14.7 Å². The number of piperidine rings is 1. The number of nitrogens with zero attached hydrogens (tertiary/aromatic N) is 3. The molecule has 2 rings (SSSR count). The lowest BCUT2D eigenvalue weighted by atomic mass is 10.1. The molecular formula is C10H17FN4. The number of hydrogen-bond acceptors (Lipinski definition) is 3. The first-order valence-electron chi connectivity index (χ1n) is 5.38. The summed E-state index contributed by atoms with van der Waals surface area (Å²) < 4.78 is 14.1. The Morgan fingerprint density at radius 3 is 2.73 bits per heavy atom. The van der Waals surface area contributed by atoms with Gasteiger partial charge in [0.05, 0.1) is 6.04 Å². The van der Waals surface area contributed by atoms with Crippen molar-refractivity contribution in [2.45, 2.75) is 18.9 Å². The SMILES string of the molecule is Nc1ccn(C2CCN(CCF)CC2)n1. The van der Waals surface area contributed by atoms with Crippen molar-refractivity contribution in [2.24, 2.45) is 0 Å². The van der Waals surface area contributed by atoms with Crippen molar-refractivity contribution in [3.05, 3.63) is 12.3 Å². The first-order valence-corrected chi connectivity index (χ1v) is 5.38. The largest absolute Gasteiger partial charge is 0.382 e. The summed E-state index contributed by atoms with van der Waals surface area (Å²) in [6, 6.07) is 2.24. The minimum atomic E-state index is -0.251. The average Bonchev–Trinajstić information content (AvgIpc) is 2.67. The van der Waals surface area contributed by atoms with E-state index in [2.05, 4.69) is 10.00 Å². The van der Waals surface area contributed by atoms with Crippen molar-refractivity contribution in [2.75, 3.05) is 32.0 Å². The van der Waals surface area contributed by atoms with Crippen LogP contribution in [0.4, 0.5) is 10.2 Å². The smallest absolute Gasteiger partial charge is 0.145 e. The molecule has 1 fully saturated rings. The van der Waals surface area contributed by atoms with Gasteiger partial charge in [-0.25, -0.2) is 4.39 Å². The molecule has 0 amide bonds. The van der Waals surface area contributed by atoms with Crippen molar-refractivity contribution < 1.29 is 4.39 Å². The summed E-state index contributed by atoms with van der Waals surface area (Å²) in [6.45, 7) is 2.22. The third-order valence-corrected chi connectivity index (χ3v) is 2.96. The molecule has 1 aliphatic heterocycles. The molecule has 0 spiro atoms. The molecule has 0 bridgehead atoms. The highest BCUT2D eigenvalue weighted by Gasteiger charge is 2.20. The van der Waals surface area contributed by atoms with Crippen LogP contribution in [0.15, 0.2) is 12.3 Å². The van der Waals surface area contributed by atoms with Crippen LogP contribution in [-0.4, -0.2) is 41.0 Å². The lowest BCUT2D eigenvalue weighted by Crippen LogP contribution is -2.36. The monoisotopic (exact) mass is 212 g/mol. The fraction of sp³-hybridized carbons (Fsp3) is 0.700. The number of nitrogen functional groups attached to an aromatic ring is 1. The zero-order valence-corrected chi connectivity index (χ0v) is 8.77. The van der Waals surface area contributed by atoms with E-state index in [0.29, 0.717) is 18.4 Å². The third-order valence-electron chi connectivity index (χ3n) is 2.96. The second kappa shape index (κ2) is 4.61. The van der Waals surface area contributed by atoms with Crippen LogP contribution in [0.5, 0.6) is 0 Å². The van der Waals surface area contributed by atoms with E-state index < -0.39 is 0 Å². The van der Waals surface area contributed by atoms with Crippen molar-refractivity contribution >= 4 is 5.82 Å². The van der Waals surface area contributed by atoms with Gasteiger partial charge >= 0.3 is 0 Å². The van der Waals surface area contributed by atoms with E-state index in [9.17, 15) is 4.39 Å². The number of nitrogens with two attached hydrogens (primary N) is 1. The number of anilines is 1. The summed E-state index contributed by atoms with van der Waals surface area (Å²) >= 11 is 0. The standard InChI is InChI=1S/C10H17FN4/c11-4-8-14-5-1-9(2-6-14)15-7-3-10(12)13-15/h3,7,9H,1-2,4-6,8H2,(H2,12,13). The van der Waals surface area contributed by atoms with Gasteiger partial charge < -0.3 is 10.6 Å². The Labute approximate surface area is 88.9 Å². The van der Waals surface area contributed by atoms with Crippen LogP contribution in [0.2, 0.25) is 0 Å². The molecule has 4 nitrogen and oxygen atoms in total. The number of hydrogen-bond donors (Lipinski definition) is 1. The summed E-state index contributed by atoms with van der Waals surface area (Å²) in [4.78, 5) is 2.16. The fourth-order valence-corrected chi connectivity index (χ4v) is 2.08. The normalized spacial score (nSPS) is 19.5. The molecule has 5 heteroatoms. The quantitative estimate of drug-likeness (QED) is 0.815. The van der Waals surface area contributed by atoms with Crippen LogP contribution in [-0.2, 0) is 0 Å². The van der Waals surface area contributed by atoms with Crippen molar-refractivity contribution in [3.63, 3.8) is 0 Å². The second-order valence-electron chi connectivity index (χ2n) is 3.98. The maximum Gasteiger partial charge on any atom is 0.145 e. The minimum absolute atomic E-state index is 0.251. The predicted octanol–water partition coefficient (Wildman–Crippen LogP) is 1.07. The van der Waals surface area contributed by atoms with Crippen molar-refractivity contribution in [1.29, 1.82) is 0 Å². The molecule has 0 saturated carbocycles. The molecule has 84 valence electrons. The Kier molecular flexibility index (Phi) is 3.20. The fourth-order valence-electron chi connectivity index (χ4n) is 2.08. The molecule has 0 radical (unpaired) electrons. The Hall–Kier alpha value is -1.10. The molecule has 15 heavy (non-hydrogen) atoms. The summed E-state index contributed by atoms with van der Waals surface area (Å²) in [5.74, 6) is 0.571. The lowest BCUT2D eigenvalue weighted by Gasteiger charge is -2.31. The molecule has 0 aromatic carbocycles. The average molecular weight is 212 g/mol. The topological polar surface area (TPSA) is 47.1 Å². The molecule has 1 aromatic rings. The number of alkyl halides is 1. The maximum atomic E-state index is 12.1. The molecule has 2 N–H and O–H groups in total. The molecular weight excluding hydrogens is 195 g/mol. The van der Waals surface area contributed by atoms with Gasteiger partial charge in [0.2, 0.25) is 0 Å². The van der Waals surface area contributed by atoms with E-state index in [1.165, 1.54) is 0 Å². The Morgan fingerprint density at radius 1 is 1.47 bits per heavy atom. The van der Waals surface area contributed by atoms with E-state index in [1.54, 1.807) is 0 Å². The van der Waals surface area contributed by atoms with E-state index >= 15 is 0 Å². The van der Waals surface area contributed by atoms with Gasteiger partial charge in [-0.1, -0.05) is 0 Å². The second-order valence-corrected chi connectivity index (χ2v) is 3.98. The first kappa shape index (κ1) is 10.4. The highest BCUT2D eigenvalue weighted by Crippen LogP contribution is 2.21.